The lowest BCUT2D eigenvalue weighted by Gasteiger charge is -2.14. The van der Waals surface area contributed by atoms with Crippen LogP contribution in [0.2, 0.25) is 0 Å². The van der Waals surface area contributed by atoms with E-state index < -0.39 is 5.41 Å². The summed E-state index contributed by atoms with van der Waals surface area (Å²) in [5.74, 6) is -0.164. The van der Waals surface area contributed by atoms with Crippen molar-refractivity contribution in [2.24, 2.45) is 5.41 Å². The molecule has 1 aliphatic rings. The minimum absolute atomic E-state index is 0.164. The lowest BCUT2D eigenvalue weighted by Crippen LogP contribution is -2.22. The molecule has 1 aliphatic carbocycles. The molecule has 0 bridgehead atoms. The second-order valence-electron chi connectivity index (χ2n) is 3.44. The van der Waals surface area contributed by atoms with Crippen LogP contribution in [0.5, 0.6) is 0 Å². The Kier molecular flexibility index (Phi) is 2.93. The topological polar surface area (TPSA) is 26.3 Å². The smallest absolute Gasteiger partial charge is 0.313 e. The number of rotatable bonds is 2. The highest BCUT2D eigenvalue weighted by Crippen LogP contribution is 2.67. The lowest BCUT2D eigenvalue weighted by atomic mass is 10.1. The minimum Gasteiger partial charge on any atom is -0.469 e. The standard InChI is InChI=1S/C9H12Br2O2/c1-4-6(10)9(11)5-8(9,2)7(12)13-3/h4H,5H2,1-3H3/b6-4-/t8-,9-/m0/s1. The van der Waals surface area contributed by atoms with Crippen LogP contribution in [0.3, 0.4) is 0 Å². The SMILES string of the molecule is C/C=C(\Br)[C@@]1(Br)C[C@@]1(C)C(=O)OC. The van der Waals surface area contributed by atoms with Crippen molar-refractivity contribution in [3.8, 4) is 0 Å². The Labute approximate surface area is 95.0 Å². The van der Waals surface area contributed by atoms with Crippen LogP contribution in [0, 0.1) is 5.41 Å². The molecule has 74 valence electrons. The number of hydrogen-bond acceptors (Lipinski definition) is 2. The fourth-order valence-corrected chi connectivity index (χ4v) is 3.01. The summed E-state index contributed by atoms with van der Waals surface area (Å²) in [7, 11) is 1.42. The van der Waals surface area contributed by atoms with Gasteiger partial charge in [0.05, 0.1) is 16.8 Å². The maximum absolute atomic E-state index is 11.4. The van der Waals surface area contributed by atoms with Crippen molar-refractivity contribution < 1.29 is 9.53 Å². The van der Waals surface area contributed by atoms with Gasteiger partial charge >= 0.3 is 5.97 Å². The average molecular weight is 312 g/mol. The Hall–Kier alpha value is 0.170. The highest BCUT2D eigenvalue weighted by Gasteiger charge is 2.70. The molecule has 1 rings (SSSR count). The first-order valence-corrected chi connectivity index (χ1v) is 5.60. The monoisotopic (exact) mass is 310 g/mol. The molecule has 0 aromatic rings. The number of hydrogen-bond donors (Lipinski definition) is 0. The number of halogens is 2. The zero-order valence-electron chi connectivity index (χ0n) is 7.86. The summed E-state index contributed by atoms with van der Waals surface area (Å²) >= 11 is 7.00. The molecule has 0 unspecified atom stereocenters. The number of carbonyl (C=O) groups excluding carboxylic acids is 1. The number of esters is 1. The molecule has 2 nitrogen and oxygen atoms in total. The molecule has 2 atom stereocenters. The van der Waals surface area contributed by atoms with Crippen LogP contribution in [0.25, 0.3) is 0 Å². The molecule has 0 spiro atoms. The average Bonchev–Trinajstić information content (AvgIpc) is 2.69. The van der Waals surface area contributed by atoms with Crippen LogP contribution in [0.15, 0.2) is 10.6 Å². The van der Waals surface area contributed by atoms with Crippen LogP contribution >= 0.6 is 31.9 Å². The normalized spacial score (nSPS) is 38.7. The van der Waals surface area contributed by atoms with Crippen LogP contribution in [-0.4, -0.2) is 17.4 Å². The summed E-state index contributed by atoms with van der Waals surface area (Å²) in [6, 6.07) is 0. The van der Waals surface area contributed by atoms with E-state index in [0.29, 0.717) is 0 Å². The van der Waals surface area contributed by atoms with Crippen molar-refractivity contribution in [2.75, 3.05) is 7.11 Å². The molecule has 0 radical (unpaired) electrons. The van der Waals surface area contributed by atoms with E-state index in [2.05, 4.69) is 31.9 Å². The number of carbonyl (C=O) groups is 1. The van der Waals surface area contributed by atoms with E-state index in [9.17, 15) is 4.79 Å². The summed E-state index contributed by atoms with van der Waals surface area (Å²) in [4.78, 5) is 11.4. The van der Waals surface area contributed by atoms with Crippen molar-refractivity contribution in [2.45, 2.75) is 24.6 Å². The van der Waals surface area contributed by atoms with Crippen molar-refractivity contribution in [1.82, 2.24) is 0 Å². The van der Waals surface area contributed by atoms with Crippen LogP contribution in [0.4, 0.5) is 0 Å². The second kappa shape index (κ2) is 3.39. The molecule has 0 aromatic carbocycles. The molecular weight excluding hydrogens is 300 g/mol. The van der Waals surface area contributed by atoms with E-state index in [1.165, 1.54) is 7.11 Å². The number of alkyl halides is 1. The Morgan fingerprint density at radius 3 is 2.54 bits per heavy atom. The first kappa shape index (κ1) is 11.2. The predicted octanol–water partition coefficient (Wildman–Crippen LogP) is 3.00. The molecule has 0 saturated heterocycles. The van der Waals surface area contributed by atoms with Gasteiger partial charge < -0.3 is 4.74 Å². The molecule has 0 heterocycles. The second-order valence-corrected chi connectivity index (χ2v) is 5.65. The highest BCUT2D eigenvalue weighted by molar-refractivity contribution is 9.14. The van der Waals surface area contributed by atoms with Gasteiger partial charge in [0.1, 0.15) is 0 Å². The largest absolute Gasteiger partial charge is 0.469 e. The maximum Gasteiger partial charge on any atom is 0.313 e. The van der Waals surface area contributed by atoms with Crippen molar-refractivity contribution in [3.05, 3.63) is 10.6 Å². The fourth-order valence-electron chi connectivity index (χ4n) is 1.48. The third-order valence-corrected chi connectivity index (χ3v) is 5.86. The van der Waals surface area contributed by atoms with Gasteiger partial charge in [-0.25, -0.2) is 0 Å². The lowest BCUT2D eigenvalue weighted by molar-refractivity contribution is -0.146. The van der Waals surface area contributed by atoms with Gasteiger partial charge in [-0.2, -0.15) is 0 Å². The molecular formula is C9H12Br2O2. The number of methoxy groups -OCH3 is 1. The van der Waals surface area contributed by atoms with Gasteiger partial charge in [-0.05, 0) is 20.3 Å². The molecule has 0 aromatic heterocycles. The Morgan fingerprint density at radius 1 is 1.62 bits per heavy atom. The zero-order chi connectivity index (χ0) is 10.3. The van der Waals surface area contributed by atoms with Gasteiger partial charge in [-0.3, -0.25) is 4.79 Å². The van der Waals surface area contributed by atoms with E-state index in [1.807, 2.05) is 19.9 Å². The maximum atomic E-state index is 11.4. The Balaban J connectivity index is 2.87. The van der Waals surface area contributed by atoms with Gasteiger partial charge in [-0.1, -0.05) is 37.9 Å². The summed E-state index contributed by atoms with van der Waals surface area (Å²) in [5.41, 5.74) is -0.424. The van der Waals surface area contributed by atoms with E-state index in [4.69, 9.17) is 4.74 Å². The first-order chi connectivity index (χ1) is 5.92. The van der Waals surface area contributed by atoms with Gasteiger partial charge in [-0.15, -0.1) is 0 Å². The predicted molar refractivity (Wildman–Crippen MR) is 59.1 cm³/mol. The molecule has 0 N–H and O–H groups in total. The summed E-state index contributed by atoms with van der Waals surface area (Å²) in [6.07, 6.45) is 2.72. The number of allylic oxidation sites excluding steroid dienone is 2. The van der Waals surface area contributed by atoms with Crippen molar-refractivity contribution in [3.63, 3.8) is 0 Å². The van der Waals surface area contributed by atoms with E-state index in [1.54, 1.807) is 0 Å². The van der Waals surface area contributed by atoms with Gasteiger partial charge in [0.2, 0.25) is 0 Å². The molecule has 0 aliphatic heterocycles. The van der Waals surface area contributed by atoms with Gasteiger partial charge in [0.15, 0.2) is 0 Å². The van der Waals surface area contributed by atoms with Crippen LogP contribution in [-0.2, 0) is 9.53 Å². The molecule has 1 saturated carbocycles. The summed E-state index contributed by atoms with van der Waals surface area (Å²) in [5, 5.41) is 0. The summed E-state index contributed by atoms with van der Waals surface area (Å²) in [6.45, 7) is 3.83. The van der Waals surface area contributed by atoms with Crippen molar-refractivity contribution >= 4 is 37.8 Å². The molecule has 0 amide bonds. The third-order valence-electron chi connectivity index (χ3n) is 2.61. The third kappa shape index (κ3) is 1.48. The fraction of sp³-hybridized carbons (Fsp3) is 0.667. The molecule has 13 heavy (non-hydrogen) atoms. The van der Waals surface area contributed by atoms with Crippen molar-refractivity contribution in [1.29, 1.82) is 0 Å². The van der Waals surface area contributed by atoms with Gasteiger partial charge in [0, 0.05) is 4.48 Å². The minimum atomic E-state index is -0.424. The van der Waals surface area contributed by atoms with E-state index >= 15 is 0 Å². The van der Waals surface area contributed by atoms with Crippen LogP contribution in [0.1, 0.15) is 20.3 Å². The quantitative estimate of drug-likeness (QED) is 0.579. The zero-order valence-corrected chi connectivity index (χ0v) is 11.0. The highest BCUT2D eigenvalue weighted by atomic mass is 79.9. The number of ether oxygens (including phenoxy) is 1. The van der Waals surface area contributed by atoms with Gasteiger partial charge in [0.25, 0.3) is 0 Å². The Morgan fingerprint density at radius 2 is 2.15 bits per heavy atom. The van der Waals surface area contributed by atoms with E-state index in [-0.39, 0.29) is 10.3 Å². The summed E-state index contributed by atoms with van der Waals surface area (Å²) < 4.78 is 5.51. The Bertz CT molecular complexity index is 275. The van der Waals surface area contributed by atoms with E-state index in [0.717, 1.165) is 10.9 Å². The van der Waals surface area contributed by atoms with Crippen LogP contribution < -0.4 is 0 Å². The molecule has 1 fully saturated rings. The molecule has 4 heteroatoms. The first-order valence-electron chi connectivity index (χ1n) is 4.02.